The van der Waals surface area contributed by atoms with Crippen molar-refractivity contribution in [1.29, 1.82) is 0 Å². The van der Waals surface area contributed by atoms with Crippen LogP contribution in [0.4, 0.5) is 0 Å². The second-order valence-corrected chi connectivity index (χ2v) is 9.74. The summed E-state index contributed by atoms with van der Waals surface area (Å²) >= 11 is 3.24. The number of benzene rings is 2. The Morgan fingerprint density at radius 2 is 1.72 bits per heavy atom. The zero-order valence-corrected chi connectivity index (χ0v) is 17.6. The van der Waals surface area contributed by atoms with Crippen LogP contribution in [0.25, 0.3) is 32.4 Å². The Balaban J connectivity index is 1.55. The zero-order chi connectivity index (χ0) is 20.1. The second-order valence-electron chi connectivity index (χ2n) is 8.02. The molecule has 146 valence electrons. The van der Waals surface area contributed by atoms with Crippen molar-refractivity contribution in [3.63, 3.8) is 0 Å². The minimum Gasteiger partial charge on any atom is -0.390 e. The van der Waals surface area contributed by atoms with E-state index in [0.717, 1.165) is 38.0 Å². The Morgan fingerprint density at radius 1 is 1.00 bits per heavy atom. The maximum absolute atomic E-state index is 10.1. The van der Waals surface area contributed by atoms with Crippen molar-refractivity contribution < 1.29 is 5.11 Å². The van der Waals surface area contributed by atoms with Crippen LogP contribution in [0.3, 0.4) is 0 Å². The molecule has 6 heteroatoms. The number of thiazole rings is 2. The fraction of sp³-hybridized carbons (Fsp3) is 0.217. The molecular weight excluding hydrogens is 398 g/mol. The quantitative estimate of drug-likeness (QED) is 0.471. The van der Waals surface area contributed by atoms with Gasteiger partial charge in [-0.25, -0.2) is 9.97 Å². The molecule has 0 unspecified atom stereocenters. The van der Waals surface area contributed by atoms with Crippen LogP contribution in [0.5, 0.6) is 0 Å². The van der Waals surface area contributed by atoms with E-state index in [1.54, 1.807) is 22.7 Å². The summed E-state index contributed by atoms with van der Waals surface area (Å²) in [5, 5.41) is 13.1. The molecule has 1 aliphatic rings. The van der Waals surface area contributed by atoms with Crippen LogP contribution in [0, 0.1) is 0 Å². The first-order chi connectivity index (χ1) is 13.9. The van der Waals surface area contributed by atoms with Crippen molar-refractivity contribution in [3.8, 4) is 32.4 Å². The standard InChI is InChI=1S/C23H21N3OS2/c1-22(27)12-23(24,13-22)17-9-7-15(8-10-17)19-20(16-5-3-2-4-6-16)29-21(26-19)18-11-28-14-25-18/h2-11,14,27H,12-13,24H2,1H3/t22-,23+. The Kier molecular flexibility index (Phi) is 4.40. The Bertz CT molecular complexity index is 1120. The summed E-state index contributed by atoms with van der Waals surface area (Å²) in [6.45, 7) is 1.84. The molecule has 2 aromatic heterocycles. The molecule has 0 radical (unpaired) electrons. The van der Waals surface area contributed by atoms with E-state index in [-0.39, 0.29) is 0 Å². The molecule has 0 saturated heterocycles. The van der Waals surface area contributed by atoms with Gasteiger partial charge in [0, 0.05) is 16.5 Å². The van der Waals surface area contributed by atoms with E-state index in [0.29, 0.717) is 12.8 Å². The summed E-state index contributed by atoms with van der Waals surface area (Å²) in [6.07, 6.45) is 1.17. The van der Waals surface area contributed by atoms with Crippen molar-refractivity contribution >= 4 is 22.7 Å². The molecule has 0 atom stereocenters. The van der Waals surface area contributed by atoms with E-state index < -0.39 is 11.1 Å². The topological polar surface area (TPSA) is 72.0 Å². The van der Waals surface area contributed by atoms with Crippen molar-refractivity contribution in [2.45, 2.75) is 30.9 Å². The molecule has 4 aromatic rings. The van der Waals surface area contributed by atoms with E-state index in [2.05, 4.69) is 41.4 Å². The smallest absolute Gasteiger partial charge is 0.144 e. The largest absolute Gasteiger partial charge is 0.390 e. The van der Waals surface area contributed by atoms with Crippen LogP contribution in [-0.2, 0) is 5.54 Å². The predicted octanol–water partition coefficient (Wildman–Crippen LogP) is 5.30. The number of hydrogen-bond acceptors (Lipinski definition) is 6. The van der Waals surface area contributed by atoms with E-state index >= 15 is 0 Å². The summed E-state index contributed by atoms with van der Waals surface area (Å²) < 4.78 is 0. The summed E-state index contributed by atoms with van der Waals surface area (Å²) in [6, 6.07) is 18.7. The summed E-state index contributed by atoms with van der Waals surface area (Å²) in [5.41, 5.74) is 12.4. The summed E-state index contributed by atoms with van der Waals surface area (Å²) in [7, 11) is 0. The number of nitrogens with zero attached hydrogens (tertiary/aromatic N) is 2. The number of aliphatic hydroxyl groups is 1. The fourth-order valence-corrected chi connectivity index (χ4v) is 5.87. The molecule has 0 spiro atoms. The lowest BCUT2D eigenvalue weighted by Gasteiger charge is -2.49. The summed E-state index contributed by atoms with van der Waals surface area (Å²) in [5.74, 6) is 0. The SMILES string of the molecule is C[C@]1(O)C[C@](N)(c2ccc(-c3nc(-c4cscn4)sc3-c3ccccc3)cc2)C1. The molecule has 4 nitrogen and oxygen atoms in total. The van der Waals surface area contributed by atoms with Crippen LogP contribution >= 0.6 is 22.7 Å². The molecule has 1 aliphatic carbocycles. The van der Waals surface area contributed by atoms with Gasteiger partial charge in [0.15, 0.2) is 0 Å². The maximum Gasteiger partial charge on any atom is 0.144 e. The van der Waals surface area contributed by atoms with Crippen LogP contribution in [0.15, 0.2) is 65.5 Å². The normalized spacial score (nSPS) is 23.7. The van der Waals surface area contributed by atoms with Gasteiger partial charge in [0.2, 0.25) is 0 Å². The monoisotopic (exact) mass is 419 g/mol. The van der Waals surface area contributed by atoms with Gasteiger partial charge in [-0.1, -0.05) is 54.6 Å². The molecule has 1 saturated carbocycles. The van der Waals surface area contributed by atoms with E-state index in [1.807, 2.05) is 36.0 Å². The van der Waals surface area contributed by atoms with Gasteiger partial charge >= 0.3 is 0 Å². The average Bonchev–Trinajstić information content (AvgIpc) is 3.37. The third kappa shape index (κ3) is 3.42. The lowest BCUT2D eigenvalue weighted by atomic mass is 9.63. The van der Waals surface area contributed by atoms with Gasteiger partial charge in [-0.05, 0) is 30.9 Å². The first-order valence-electron chi connectivity index (χ1n) is 9.51. The molecule has 0 bridgehead atoms. The highest BCUT2D eigenvalue weighted by atomic mass is 32.1. The molecule has 3 N–H and O–H groups in total. The highest BCUT2D eigenvalue weighted by molar-refractivity contribution is 7.19. The van der Waals surface area contributed by atoms with Gasteiger partial charge in [0.05, 0.1) is 21.7 Å². The first-order valence-corrected chi connectivity index (χ1v) is 11.3. The van der Waals surface area contributed by atoms with Gasteiger partial charge in [0.25, 0.3) is 0 Å². The van der Waals surface area contributed by atoms with Crippen molar-refractivity contribution in [3.05, 3.63) is 71.1 Å². The number of rotatable bonds is 4. The van der Waals surface area contributed by atoms with Crippen LogP contribution in [-0.4, -0.2) is 20.7 Å². The summed E-state index contributed by atoms with van der Waals surface area (Å²) in [4.78, 5) is 10.5. The van der Waals surface area contributed by atoms with Crippen LogP contribution < -0.4 is 5.73 Å². The lowest BCUT2D eigenvalue weighted by molar-refractivity contribution is -0.0738. The van der Waals surface area contributed by atoms with Crippen LogP contribution in [0.2, 0.25) is 0 Å². The number of nitrogens with two attached hydrogens (primary N) is 1. The Morgan fingerprint density at radius 3 is 2.34 bits per heavy atom. The van der Waals surface area contributed by atoms with E-state index in [9.17, 15) is 5.11 Å². The third-order valence-corrected chi connectivity index (χ3v) is 7.15. The highest BCUT2D eigenvalue weighted by Gasteiger charge is 2.49. The third-order valence-electron chi connectivity index (χ3n) is 5.44. The van der Waals surface area contributed by atoms with Crippen molar-refractivity contribution in [1.82, 2.24) is 9.97 Å². The molecule has 1 fully saturated rings. The molecule has 2 heterocycles. The van der Waals surface area contributed by atoms with Crippen molar-refractivity contribution in [2.24, 2.45) is 5.73 Å². The van der Waals surface area contributed by atoms with Gasteiger partial charge < -0.3 is 10.8 Å². The van der Waals surface area contributed by atoms with Gasteiger partial charge in [-0.15, -0.1) is 22.7 Å². The zero-order valence-electron chi connectivity index (χ0n) is 16.0. The number of hydrogen-bond donors (Lipinski definition) is 2. The maximum atomic E-state index is 10.1. The molecule has 29 heavy (non-hydrogen) atoms. The van der Waals surface area contributed by atoms with Crippen molar-refractivity contribution in [2.75, 3.05) is 0 Å². The minimum absolute atomic E-state index is 0.446. The number of aromatic nitrogens is 2. The molecular formula is C23H21N3OS2. The van der Waals surface area contributed by atoms with Gasteiger partial charge in [-0.3, -0.25) is 0 Å². The molecule has 0 aliphatic heterocycles. The molecule has 0 amide bonds. The van der Waals surface area contributed by atoms with Gasteiger partial charge in [0.1, 0.15) is 10.7 Å². The van der Waals surface area contributed by atoms with E-state index in [4.69, 9.17) is 10.7 Å². The second kappa shape index (κ2) is 6.85. The molecule has 5 rings (SSSR count). The van der Waals surface area contributed by atoms with Crippen LogP contribution in [0.1, 0.15) is 25.3 Å². The first kappa shape index (κ1) is 18.6. The minimum atomic E-state index is -0.661. The Labute approximate surface area is 177 Å². The fourth-order valence-electron chi connectivity index (χ4n) is 4.20. The molecule has 2 aromatic carbocycles. The predicted molar refractivity (Wildman–Crippen MR) is 120 cm³/mol. The highest BCUT2D eigenvalue weighted by Crippen LogP contribution is 2.47. The Hall–Kier alpha value is -2.38. The van der Waals surface area contributed by atoms with Gasteiger partial charge in [-0.2, -0.15) is 0 Å². The van der Waals surface area contributed by atoms with E-state index in [1.165, 1.54) is 0 Å². The average molecular weight is 420 g/mol. The lowest BCUT2D eigenvalue weighted by Crippen LogP contribution is -2.58.